The summed E-state index contributed by atoms with van der Waals surface area (Å²) in [4.78, 5) is 11.4. The highest BCUT2D eigenvalue weighted by Gasteiger charge is 2.28. The summed E-state index contributed by atoms with van der Waals surface area (Å²) in [6.07, 6.45) is 2.23. The Balaban J connectivity index is 2.54. The predicted octanol–water partition coefficient (Wildman–Crippen LogP) is 3.17. The van der Waals surface area contributed by atoms with Crippen LogP contribution in [0.1, 0.15) is 42.3 Å². The zero-order valence-corrected chi connectivity index (χ0v) is 10.1. The minimum absolute atomic E-state index is 0.0636. The number of rotatable bonds is 1. The minimum Gasteiger partial charge on any atom is -0.465 e. The Morgan fingerprint density at radius 2 is 2.00 bits per heavy atom. The molecule has 0 spiro atoms. The summed E-state index contributed by atoms with van der Waals surface area (Å²) >= 11 is 0. The van der Waals surface area contributed by atoms with Crippen LogP contribution in [0.25, 0.3) is 5.57 Å². The lowest BCUT2D eigenvalue weighted by atomic mass is 9.86. The van der Waals surface area contributed by atoms with Gasteiger partial charge in [0.25, 0.3) is 0 Å². The molecule has 84 valence electrons. The van der Waals surface area contributed by atoms with E-state index in [0.29, 0.717) is 5.56 Å². The van der Waals surface area contributed by atoms with Gasteiger partial charge in [-0.1, -0.05) is 26.0 Å². The van der Waals surface area contributed by atoms with Crippen molar-refractivity contribution >= 4 is 11.5 Å². The SMILES string of the molecule is COC(=O)c1ccc2c(c1)C(C)=CC2(C)C. The Morgan fingerprint density at radius 3 is 2.62 bits per heavy atom. The summed E-state index contributed by atoms with van der Waals surface area (Å²) in [5.41, 5.74) is 4.34. The van der Waals surface area contributed by atoms with Crippen molar-refractivity contribution in [1.29, 1.82) is 0 Å². The molecule has 1 aliphatic carbocycles. The van der Waals surface area contributed by atoms with Crippen LogP contribution in [0.15, 0.2) is 24.3 Å². The van der Waals surface area contributed by atoms with Gasteiger partial charge in [-0.05, 0) is 35.8 Å². The van der Waals surface area contributed by atoms with E-state index in [1.165, 1.54) is 18.2 Å². The first-order valence-electron chi connectivity index (χ1n) is 5.38. The number of hydrogen-bond acceptors (Lipinski definition) is 2. The molecule has 0 bridgehead atoms. The van der Waals surface area contributed by atoms with Crippen LogP contribution in [0.3, 0.4) is 0 Å². The van der Waals surface area contributed by atoms with Crippen LogP contribution in [-0.2, 0) is 10.2 Å². The topological polar surface area (TPSA) is 26.3 Å². The number of fused-ring (bicyclic) bond motifs is 1. The number of hydrogen-bond donors (Lipinski definition) is 0. The predicted molar refractivity (Wildman–Crippen MR) is 64.5 cm³/mol. The second-order valence-electron chi connectivity index (χ2n) is 4.80. The van der Waals surface area contributed by atoms with Crippen molar-refractivity contribution in [1.82, 2.24) is 0 Å². The normalized spacial score (nSPS) is 16.6. The van der Waals surface area contributed by atoms with Gasteiger partial charge in [-0.15, -0.1) is 0 Å². The van der Waals surface area contributed by atoms with Crippen LogP contribution in [0.5, 0.6) is 0 Å². The summed E-state index contributed by atoms with van der Waals surface area (Å²) in [7, 11) is 1.40. The molecular formula is C14H16O2. The minimum atomic E-state index is -0.277. The number of benzene rings is 1. The molecule has 1 aromatic carbocycles. The number of ether oxygens (including phenoxy) is 1. The van der Waals surface area contributed by atoms with E-state index in [1.54, 1.807) is 0 Å². The number of allylic oxidation sites excluding steroid dienone is 2. The second-order valence-corrected chi connectivity index (χ2v) is 4.80. The molecular weight excluding hydrogens is 200 g/mol. The lowest BCUT2D eigenvalue weighted by Gasteiger charge is -2.17. The maximum atomic E-state index is 11.4. The standard InChI is InChI=1S/C14H16O2/c1-9-8-14(2,3)12-6-5-10(7-11(9)12)13(15)16-4/h5-8H,1-4H3. The van der Waals surface area contributed by atoms with Gasteiger partial charge in [0, 0.05) is 5.41 Å². The van der Waals surface area contributed by atoms with E-state index < -0.39 is 0 Å². The van der Waals surface area contributed by atoms with E-state index in [9.17, 15) is 4.79 Å². The first kappa shape index (κ1) is 10.9. The maximum Gasteiger partial charge on any atom is 0.337 e. The fourth-order valence-corrected chi connectivity index (χ4v) is 2.37. The van der Waals surface area contributed by atoms with Crippen LogP contribution in [-0.4, -0.2) is 13.1 Å². The highest BCUT2D eigenvalue weighted by atomic mass is 16.5. The van der Waals surface area contributed by atoms with Crippen molar-refractivity contribution < 1.29 is 9.53 Å². The molecule has 0 amide bonds. The molecule has 0 aromatic heterocycles. The van der Waals surface area contributed by atoms with Crippen molar-refractivity contribution in [3.8, 4) is 0 Å². The molecule has 2 nitrogen and oxygen atoms in total. The van der Waals surface area contributed by atoms with Gasteiger partial charge in [0.05, 0.1) is 12.7 Å². The molecule has 1 aliphatic rings. The van der Waals surface area contributed by atoms with Crippen molar-refractivity contribution in [3.63, 3.8) is 0 Å². The van der Waals surface area contributed by atoms with E-state index >= 15 is 0 Å². The summed E-state index contributed by atoms with van der Waals surface area (Å²) in [5.74, 6) is -0.277. The molecule has 0 aliphatic heterocycles. The van der Waals surface area contributed by atoms with Gasteiger partial charge in [0.1, 0.15) is 0 Å². The molecule has 0 saturated carbocycles. The van der Waals surface area contributed by atoms with Crippen molar-refractivity contribution in [3.05, 3.63) is 41.0 Å². The van der Waals surface area contributed by atoms with Gasteiger partial charge in [-0.3, -0.25) is 0 Å². The average molecular weight is 216 g/mol. The van der Waals surface area contributed by atoms with E-state index in [1.807, 2.05) is 18.2 Å². The smallest absolute Gasteiger partial charge is 0.337 e. The molecule has 0 heterocycles. The van der Waals surface area contributed by atoms with Crippen molar-refractivity contribution in [2.75, 3.05) is 7.11 Å². The third-order valence-electron chi connectivity index (χ3n) is 3.14. The molecule has 0 saturated heterocycles. The molecule has 2 heteroatoms. The van der Waals surface area contributed by atoms with Crippen LogP contribution >= 0.6 is 0 Å². The quantitative estimate of drug-likeness (QED) is 0.674. The molecule has 16 heavy (non-hydrogen) atoms. The van der Waals surface area contributed by atoms with Crippen LogP contribution in [0.2, 0.25) is 0 Å². The Bertz CT molecular complexity index is 482. The van der Waals surface area contributed by atoms with Crippen LogP contribution in [0, 0.1) is 0 Å². The number of methoxy groups -OCH3 is 1. The molecule has 1 aromatic rings. The highest BCUT2D eigenvalue weighted by Crippen LogP contribution is 2.40. The maximum absolute atomic E-state index is 11.4. The van der Waals surface area contributed by atoms with Crippen LogP contribution in [0.4, 0.5) is 0 Å². The Hall–Kier alpha value is -1.57. The summed E-state index contributed by atoms with van der Waals surface area (Å²) in [6.45, 7) is 6.44. The summed E-state index contributed by atoms with van der Waals surface area (Å²) in [6, 6.07) is 5.77. The van der Waals surface area contributed by atoms with E-state index in [2.05, 4.69) is 26.8 Å². The van der Waals surface area contributed by atoms with Gasteiger partial charge >= 0.3 is 5.97 Å². The Morgan fingerprint density at radius 1 is 1.31 bits per heavy atom. The van der Waals surface area contributed by atoms with Gasteiger partial charge in [-0.25, -0.2) is 4.79 Å². The summed E-state index contributed by atoms with van der Waals surface area (Å²) in [5, 5.41) is 0. The molecule has 0 radical (unpaired) electrons. The Labute approximate surface area is 95.9 Å². The monoisotopic (exact) mass is 216 g/mol. The van der Waals surface area contributed by atoms with Gasteiger partial charge in [0.2, 0.25) is 0 Å². The number of carbonyl (C=O) groups excluding carboxylic acids is 1. The lowest BCUT2D eigenvalue weighted by Crippen LogP contribution is -2.11. The first-order chi connectivity index (χ1) is 7.45. The van der Waals surface area contributed by atoms with Crippen molar-refractivity contribution in [2.45, 2.75) is 26.2 Å². The largest absolute Gasteiger partial charge is 0.465 e. The van der Waals surface area contributed by atoms with E-state index in [-0.39, 0.29) is 11.4 Å². The third-order valence-corrected chi connectivity index (χ3v) is 3.14. The summed E-state index contributed by atoms with van der Waals surface area (Å²) < 4.78 is 4.72. The zero-order chi connectivity index (χ0) is 11.9. The lowest BCUT2D eigenvalue weighted by molar-refractivity contribution is 0.0600. The number of carbonyl (C=O) groups is 1. The zero-order valence-electron chi connectivity index (χ0n) is 10.1. The van der Waals surface area contributed by atoms with E-state index in [0.717, 1.165) is 5.56 Å². The molecule has 0 unspecified atom stereocenters. The second kappa shape index (κ2) is 3.48. The molecule has 2 rings (SSSR count). The molecule has 0 atom stereocenters. The molecule has 0 N–H and O–H groups in total. The Kier molecular flexibility index (Phi) is 2.38. The first-order valence-corrected chi connectivity index (χ1v) is 5.38. The third kappa shape index (κ3) is 1.54. The van der Waals surface area contributed by atoms with Gasteiger partial charge < -0.3 is 4.74 Å². The fraction of sp³-hybridized carbons (Fsp3) is 0.357. The average Bonchev–Trinajstić information content (AvgIpc) is 2.48. The van der Waals surface area contributed by atoms with Crippen LogP contribution < -0.4 is 0 Å². The van der Waals surface area contributed by atoms with Crippen molar-refractivity contribution in [2.24, 2.45) is 0 Å². The molecule has 0 fully saturated rings. The van der Waals surface area contributed by atoms with E-state index in [4.69, 9.17) is 4.74 Å². The number of esters is 1. The van der Waals surface area contributed by atoms with Gasteiger partial charge in [-0.2, -0.15) is 0 Å². The van der Waals surface area contributed by atoms with Gasteiger partial charge in [0.15, 0.2) is 0 Å². The fourth-order valence-electron chi connectivity index (χ4n) is 2.37. The highest BCUT2D eigenvalue weighted by molar-refractivity contribution is 5.91.